The molecule has 0 aromatic heterocycles. The van der Waals surface area contributed by atoms with Crippen LogP contribution in [0.4, 0.5) is 0 Å². The average molecular weight is 262 g/mol. The molecule has 2 heteroatoms. The summed E-state index contributed by atoms with van der Waals surface area (Å²) in [6.07, 6.45) is 7.69. The third-order valence-electron chi connectivity index (χ3n) is 6.79. The summed E-state index contributed by atoms with van der Waals surface area (Å²) in [4.78, 5) is 10.8. The number of hydrogen-bond acceptors (Lipinski definition) is 2. The third kappa shape index (κ3) is 1.71. The fourth-order valence-corrected chi connectivity index (χ4v) is 5.40. The number of ether oxygens (including phenoxy) is 1. The van der Waals surface area contributed by atoms with Gasteiger partial charge in [-0.15, -0.1) is 0 Å². The maximum atomic E-state index is 10.8. The molecule has 3 unspecified atom stereocenters. The van der Waals surface area contributed by atoms with Gasteiger partial charge in [0.05, 0.1) is 0 Å². The van der Waals surface area contributed by atoms with Crippen LogP contribution in [-0.4, -0.2) is 12.6 Å². The molecular weight excluding hydrogens is 236 g/mol. The molecule has 0 aliphatic heterocycles. The molecule has 0 aromatic carbocycles. The van der Waals surface area contributed by atoms with Gasteiger partial charge in [-0.2, -0.15) is 0 Å². The zero-order chi connectivity index (χ0) is 13.8. The maximum absolute atomic E-state index is 10.8. The van der Waals surface area contributed by atoms with Crippen molar-refractivity contribution in [2.45, 2.75) is 53.4 Å². The molecule has 0 amide bonds. The molecule has 4 rings (SSSR count). The molecule has 0 radical (unpaired) electrons. The first-order valence-corrected chi connectivity index (χ1v) is 7.68. The summed E-state index contributed by atoms with van der Waals surface area (Å²) in [5, 5.41) is 0. The Morgan fingerprint density at radius 3 is 2.37 bits per heavy atom. The highest BCUT2D eigenvalue weighted by atomic mass is 16.5. The molecule has 4 bridgehead atoms. The van der Waals surface area contributed by atoms with Crippen molar-refractivity contribution >= 4 is 5.97 Å². The van der Waals surface area contributed by atoms with E-state index in [0.717, 1.165) is 24.2 Å². The van der Waals surface area contributed by atoms with E-state index >= 15 is 0 Å². The molecule has 0 spiro atoms. The van der Waals surface area contributed by atoms with E-state index in [0.29, 0.717) is 17.4 Å². The highest BCUT2D eigenvalue weighted by Gasteiger charge is 2.80. The molecule has 106 valence electrons. The van der Waals surface area contributed by atoms with Gasteiger partial charge < -0.3 is 4.74 Å². The summed E-state index contributed by atoms with van der Waals surface area (Å²) < 4.78 is 5.02. The standard InChI is InChI=1S/C17H26O2/c1-11(10-19-12(2)18)6-5-7-16(3)13-8-14-15(9-13)17(14,16)4/h6,13-15H,5,7-10H2,1-4H3/b11-6-/t13?,14-,15?,16+,17?/m0/s1. The Hall–Kier alpha value is -0.790. The zero-order valence-electron chi connectivity index (χ0n) is 12.7. The average Bonchev–Trinajstić information content (AvgIpc) is 2.71. The number of carbonyl (C=O) groups excluding carboxylic acids is 1. The predicted octanol–water partition coefficient (Wildman–Crippen LogP) is 3.96. The van der Waals surface area contributed by atoms with Crippen LogP contribution in [0.15, 0.2) is 11.6 Å². The van der Waals surface area contributed by atoms with Crippen molar-refractivity contribution in [1.29, 1.82) is 0 Å². The van der Waals surface area contributed by atoms with Gasteiger partial charge >= 0.3 is 5.97 Å². The van der Waals surface area contributed by atoms with Gasteiger partial charge in [0.25, 0.3) is 0 Å². The van der Waals surface area contributed by atoms with Gasteiger partial charge in [0.2, 0.25) is 0 Å². The second-order valence-corrected chi connectivity index (χ2v) is 7.45. The summed E-state index contributed by atoms with van der Waals surface area (Å²) in [6.45, 7) is 9.04. The summed E-state index contributed by atoms with van der Waals surface area (Å²) in [5.41, 5.74) is 2.41. The largest absolute Gasteiger partial charge is 0.461 e. The van der Waals surface area contributed by atoms with Crippen LogP contribution in [0.5, 0.6) is 0 Å². The fourth-order valence-electron chi connectivity index (χ4n) is 5.40. The Morgan fingerprint density at radius 2 is 1.89 bits per heavy atom. The van der Waals surface area contributed by atoms with Crippen LogP contribution in [0, 0.1) is 28.6 Å². The number of rotatable bonds is 5. The Bertz CT molecular complexity index is 425. The van der Waals surface area contributed by atoms with Crippen molar-refractivity contribution in [1.82, 2.24) is 0 Å². The van der Waals surface area contributed by atoms with E-state index in [4.69, 9.17) is 4.74 Å². The second-order valence-electron chi connectivity index (χ2n) is 7.45. The van der Waals surface area contributed by atoms with Crippen molar-refractivity contribution in [3.05, 3.63) is 11.6 Å². The maximum Gasteiger partial charge on any atom is 0.302 e. The van der Waals surface area contributed by atoms with Crippen LogP contribution in [0.1, 0.15) is 53.4 Å². The highest BCUT2D eigenvalue weighted by Crippen LogP contribution is 2.87. The van der Waals surface area contributed by atoms with E-state index in [1.165, 1.54) is 31.8 Å². The highest BCUT2D eigenvalue weighted by molar-refractivity contribution is 5.66. The van der Waals surface area contributed by atoms with Crippen molar-refractivity contribution in [2.75, 3.05) is 6.61 Å². The van der Waals surface area contributed by atoms with E-state index in [-0.39, 0.29) is 5.97 Å². The normalized spacial score (nSPS) is 46.5. The molecule has 19 heavy (non-hydrogen) atoms. The molecule has 4 saturated carbocycles. The molecule has 4 fully saturated rings. The zero-order valence-corrected chi connectivity index (χ0v) is 12.7. The molecule has 0 saturated heterocycles. The molecule has 0 N–H and O–H groups in total. The van der Waals surface area contributed by atoms with E-state index in [1.54, 1.807) is 0 Å². The van der Waals surface area contributed by atoms with Crippen LogP contribution >= 0.6 is 0 Å². The smallest absolute Gasteiger partial charge is 0.302 e. The van der Waals surface area contributed by atoms with E-state index < -0.39 is 0 Å². The second kappa shape index (κ2) is 4.10. The quantitative estimate of drug-likeness (QED) is 0.554. The number of carbonyl (C=O) groups is 1. The summed E-state index contributed by atoms with van der Waals surface area (Å²) in [5.74, 6) is 2.89. The summed E-state index contributed by atoms with van der Waals surface area (Å²) in [7, 11) is 0. The van der Waals surface area contributed by atoms with Crippen LogP contribution in [0.3, 0.4) is 0 Å². The van der Waals surface area contributed by atoms with Crippen LogP contribution in [0.25, 0.3) is 0 Å². The van der Waals surface area contributed by atoms with Crippen molar-refractivity contribution < 1.29 is 9.53 Å². The van der Waals surface area contributed by atoms with Gasteiger partial charge in [-0.25, -0.2) is 0 Å². The van der Waals surface area contributed by atoms with E-state index in [2.05, 4.69) is 26.8 Å². The van der Waals surface area contributed by atoms with Gasteiger partial charge in [0, 0.05) is 6.92 Å². The van der Waals surface area contributed by atoms with Gasteiger partial charge in [-0.1, -0.05) is 19.9 Å². The lowest BCUT2D eigenvalue weighted by atomic mass is 9.71. The first-order valence-electron chi connectivity index (χ1n) is 7.68. The lowest BCUT2D eigenvalue weighted by Gasteiger charge is -2.34. The van der Waals surface area contributed by atoms with Crippen molar-refractivity contribution in [3.63, 3.8) is 0 Å². The Kier molecular flexibility index (Phi) is 2.85. The van der Waals surface area contributed by atoms with Gasteiger partial charge in [-0.3, -0.25) is 4.79 Å². The molecule has 0 aromatic rings. The molecule has 2 nitrogen and oxygen atoms in total. The third-order valence-corrected chi connectivity index (χ3v) is 6.79. The van der Waals surface area contributed by atoms with Crippen LogP contribution in [-0.2, 0) is 9.53 Å². The first-order chi connectivity index (χ1) is 8.89. The van der Waals surface area contributed by atoms with Gasteiger partial charge in [0.15, 0.2) is 0 Å². The first kappa shape index (κ1) is 13.2. The van der Waals surface area contributed by atoms with Crippen molar-refractivity contribution in [3.8, 4) is 0 Å². The number of esters is 1. The van der Waals surface area contributed by atoms with Gasteiger partial charge in [0.1, 0.15) is 6.61 Å². The Morgan fingerprint density at radius 1 is 1.26 bits per heavy atom. The predicted molar refractivity (Wildman–Crippen MR) is 75.5 cm³/mol. The van der Waals surface area contributed by atoms with Crippen LogP contribution in [0.2, 0.25) is 0 Å². The van der Waals surface area contributed by atoms with Crippen molar-refractivity contribution in [2.24, 2.45) is 28.6 Å². The summed E-state index contributed by atoms with van der Waals surface area (Å²) >= 11 is 0. The lowest BCUT2D eigenvalue weighted by molar-refractivity contribution is -0.139. The minimum Gasteiger partial charge on any atom is -0.461 e. The Balaban J connectivity index is 1.53. The SMILES string of the molecule is CC(=O)OC/C(C)=C\CC[C@]1(C)C2CC3[C@H](C2)C31C. The minimum atomic E-state index is -0.190. The molecule has 5 atom stereocenters. The topological polar surface area (TPSA) is 26.3 Å². The van der Waals surface area contributed by atoms with Gasteiger partial charge in [-0.05, 0) is 66.8 Å². The van der Waals surface area contributed by atoms with Crippen LogP contribution < -0.4 is 0 Å². The fraction of sp³-hybridized carbons (Fsp3) is 0.824. The molecular formula is C17H26O2. The van der Waals surface area contributed by atoms with E-state index in [9.17, 15) is 4.79 Å². The molecule has 4 aliphatic rings. The molecule has 4 aliphatic carbocycles. The number of allylic oxidation sites excluding steroid dienone is 1. The summed E-state index contributed by atoms with van der Waals surface area (Å²) in [6, 6.07) is 0. The Labute approximate surface area is 116 Å². The monoisotopic (exact) mass is 262 g/mol. The number of hydrogen-bond donors (Lipinski definition) is 0. The lowest BCUT2D eigenvalue weighted by Crippen LogP contribution is -2.26. The molecule has 0 heterocycles. The van der Waals surface area contributed by atoms with E-state index in [1.807, 2.05) is 0 Å². The minimum absolute atomic E-state index is 0.190.